The minimum atomic E-state index is -3.72. The van der Waals surface area contributed by atoms with Crippen LogP contribution in [0.25, 0.3) is 0 Å². The van der Waals surface area contributed by atoms with Gasteiger partial charge < -0.3 is 11.1 Å². The summed E-state index contributed by atoms with van der Waals surface area (Å²) in [5.41, 5.74) is 5.78. The summed E-state index contributed by atoms with van der Waals surface area (Å²) in [5, 5.41) is 2.63. The molecule has 3 rings (SSSR count). The Morgan fingerprint density at radius 3 is 2.70 bits per heavy atom. The van der Waals surface area contributed by atoms with Gasteiger partial charge in [-0.1, -0.05) is 6.07 Å². The van der Waals surface area contributed by atoms with E-state index >= 15 is 0 Å². The Morgan fingerprint density at radius 1 is 1.19 bits per heavy atom. The minimum absolute atomic E-state index is 0.00253. The highest BCUT2D eigenvalue weighted by Crippen LogP contribution is 2.49. The lowest BCUT2D eigenvalue weighted by molar-refractivity contribution is -0.117. The van der Waals surface area contributed by atoms with Crippen LogP contribution in [0.2, 0.25) is 0 Å². The summed E-state index contributed by atoms with van der Waals surface area (Å²) >= 11 is 0. The third-order valence-corrected chi connectivity index (χ3v) is 5.79. The molecule has 6 nitrogen and oxygen atoms in total. The Bertz CT molecular complexity index is 966. The van der Waals surface area contributed by atoms with E-state index in [4.69, 9.17) is 5.73 Å². The average Bonchev–Trinajstić information content (AvgIpc) is 3.43. The van der Waals surface area contributed by atoms with Crippen molar-refractivity contribution in [1.29, 1.82) is 0 Å². The van der Waals surface area contributed by atoms with Crippen molar-refractivity contribution in [3.8, 4) is 0 Å². The summed E-state index contributed by atoms with van der Waals surface area (Å²) in [6.07, 6.45) is 0.405. The van der Waals surface area contributed by atoms with E-state index in [0.717, 1.165) is 18.2 Å². The molecule has 0 aromatic heterocycles. The van der Waals surface area contributed by atoms with E-state index in [0.29, 0.717) is 12.1 Å². The molecular formula is C18H19F2N3O3S. The molecule has 0 heterocycles. The first-order valence-electron chi connectivity index (χ1n) is 8.37. The SMILES string of the molecule is NCCNS(=O)(=O)c1cccc(NC(=O)C2CC2c2cc(F)ccc2F)c1. The van der Waals surface area contributed by atoms with Gasteiger partial charge in [0.2, 0.25) is 15.9 Å². The number of hydrogen-bond donors (Lipinski definition) is 3. The number of carbonyl (C=O) groups excluding carboxylic acids is 1. The van der Waals surface area contributed by atoms with E-state index in [9.17, 15) is 22.0 Å². The van der Waals surface area contributed by atoms with E-state index in [1.54, 1.807) is 6.07 Å². The average molecular weight is 395 g/mol. The quantitative estimate of drug-likeness (QED) is 0.667. The first kappa shape index (κ1) is 19.4. The molecule has 1 amide bonds. The number of amides is 1. The molecule has 1 aliphatic rings. The van der Waals surface area contributed by atoms with Gasteiger partial charge in [-0.25, -0.2) is 21.9 Å². The fourth-order valence-electron chi connectivity index (χ4n) is 2.88. The molecule has 0 aliphatic heterocycles. The van der Waals surface area contributed by atoms with Crippen molar-refractivity contribution in [2.45, 2.75) is 17.2 Å². The molecule has 9 heteroatoms. The van der Waals surface area contributed by atoms with Crippen LogP contribution in [-0.2, 0) is 14.8 Å². The maximum atomic E-state index is 13.8. The van der Waals surface area contributed by atoms with Crippen LogP contribution in [0.15, 0.2) is 47.4 Å². The number of nitrogens with one attached hydrogen (secondary N) is 2. The van der Waals surface area contributed by atoms with Gasteiger partial charge in [0.1, 0.15) is 11.6 Å². The highest BCUT2D eigenvalue weighted by atomic mass is 32.2. The van der Waals surface area contributed by atoms with E-state index in [1.807, 2.05) is 0 Å². The number of sulfonamides is 1. The van der Waals surface area contributed by atoms with Gasteiger partial charge >= 0.3 is 0 Å². The Hall–Kier alpha value is -2.36. The molecule has 0 spiro atoms. The topological polar surface area (TPSA) is 101 Å². The highest BCUT2D eigenvalue weighted by molar-refractivity contribution is 7.89. The van der Waals surface area contributed by atoms with Gasteiger partial charge in [-0.3, -0.25) is 4.79 Å². The lowest BCUT2D eigenvalue weighted by Crippen LogP contribution is -2.29. The molecular weight excluding hydrogens is 376 g/mol. The monoisotopic (exact) mass is 395 g/mol. The lowest BCUT2D eigenvalue weighted by atomic mass is 10.1. The number of hydrogen-bond acceptors (Lipinski definition) is 4. The second-order valence-electron chi connectivity index (χ2n) is 6.32. The Labute approximate surface area is 155 Å². The first-order chi connectivity index (χ1) is 12.8. The summed E-state index contributed by atoms with van der Waals surface area (Å²) in [4.78, 5) is 12.4. The fourth-order valence-corrected chi connectivity index (χ4v) is 3.97. The standard InChI is InChI=1S/C18H19F2N3O3S/c19-11-4-5-17(20)15(8-11)14-10-16(14)18(24)23-12-2-1-3-13(9-12)27(25,26)22-7-6-21/h1-5,8-9,14,16,22H,6-7,10,21H2,(H,23,24). The van der Waals surface area contributed by atoms with Crippen molar-refractivity contribution < 1.29 is 22.0 Å². The molecule has 2 atom stereocenters. The predicted octanol–water partition coefficient (Wildman–Crippen LogP) is 1.94. The number of nitrogens with two attached hydrogens (primary N) is 1. The van der Waals surface area contributed by atoms with Gasteiger partial charge in [-0.15, -0.1) is 0 Å². The third-order valence-electron chi connectivity index (χ3n) is 4.33. The normalized spacial score (nSPS) is 18.9. The van der Waals surface area contributed by atoms with Crippen LogP contribution in [0.1, 0.15) is 17.9 Å². The van der Waals surface area contributed by atoms with E-state index in [2.05, 4.69) is 10.0 Å². The van der Waals surface area contributed by atoms with Crippen molar-refractivity contribution in [1.82, 2.24) is 4.72 Å². The third kappa shape index (κ3) is 4.49. The maximum Gasteiger partial charge on any atom is 0.240 e. The van der Waals surface area contributed by atoms with Crippen LogP contribution >= 0.6 is 0 Å². The van der Waals surface area contributed by atoms with Crippen molar-refractivity contribution >= 4 is 21.6 Å². The van der Waals surface area contributed by atoms with Crippen LogP contribution in [0.3, 0.4) is 0 Å². The summed E-state index contributed by atoms with van der Waals surface area (Å²) in [5.74, 6) is -2.35. The molecule has 144 valence electrons. The number of anilines is 1. The molecule has 1 fully saturated rings. The van der Waals surface area contributed by atoms with Crippen LogP contribution in [-0.4, -0.2) is 27.4 Å². The van der Waals surface area contributed by atoms with Crippen molar-refractivity contribution in [2.24, 2.45) is 11.7 Å². The molecule has 27 heavy (non-hydrogen) atoms. The molecule has 2 aromatic carbocycles. The Balaban J connectivity index is 1.69. The van der Waals surface area contributed by atoms with Gasteiger partial charge in [0, 0.05) is 24.7 Å². The number of benzene rings is 2. The summed E-state index contributed by atoms with van der Waals surface area (Å²) in [6, 6.07) is 8.96. The van der Waals surface area contributed by atoms with E-state index < -0.39 is 27.6 Å². The zero-order chi connectivity index (χ0) is 19.6. The van der Waals surface area contributed by atoms with Gasteiger partial charge in [0.25, 0.3) is 0 Å². The molecule has 0 bridgehead atoms. The summed E-state index contributed by atoms with van der Waals surface area (Å²) < 4.78 is 53.7. The second-order valence-corrected chi connectivity index (χ2v) is 8.09. The van der Waals surface area contributed by atoms with Gasteiger partial charge in [-0.05, 0) is 54.3 Å². The summed E-state index contributed by atoms with van der Waals surface area (Å²) in [6.45, 7) is 0.261. The van der Waals surface area contributed by atoms with Gasteiger partial charge in [0.05, 0.1) is 4.90 Å². The minimum Gasteiger partial charge on any atom is -0.329 e. The summed E-state index contributed by atoms with van der Waals surface area (Å²) in [7, 11) is -3.72. The van der Waals surface area contributed by atoms with Crippen molar-refractivity contribution in [2.75, 3.05) is 18.4 Å². The number of rotatable bonds is 7. The number of carbonyl (C=O) groups is 1. The van der Waals surface area contributed by atoms with Gasteiger partial charge in [0.15, 0.2) is 0 Å². The predicted molar refractivity (Wildman–Crippen MR) is 96.5 cm³/mol. The molecule has 2 unspecified atom stereocenters. The van der Waals surface area contributed by atoms with Crippen molar-refractivity contribution in [3.05, 3.63) is 59.7 Å². The Morgan fingerprint density at radius 2 is 1.96 bits per heavy atom. The first-order valence-corrected chi connectivity index (χ1v) is 9.86. The molecule has 1 aliphatic carbocycles. The zero-order valence-electron chi connectivity index (χ0n) is 14.3. The van der Waals surface area contributed by atoms with Crippen molar-refractivity contribution in [3.63, 3.8) is 0 Å². The van der Waals surface area contributed by atoms with E-state index in [-0.39, 0.29) is 35.4 Å². The Kier molecular flexibility index (Phi) is 5.54. The molecule has 1 saturated carbocycles. The fraction of sp³-hybridized carbons (Fsp3) is 0.278. The highest BCUT2D eigenvalue weighted by Gasteiger charge is 2.45. The van der Waals surface area contributed by atoms with Gasteiger partial charge in [-0.2, -0.15) is 0 Å². The van der Waals surface area contributed by atoms with Crippen LogP contribution in [0, 0.1) is 17.6 Å². The van der Waals surface area contributed by atoms with Crippen LogP contribution in [0.4, 0.5) is 14.5 Å². The van der Waals surface area contributed by atoms with E-state index in [1.165, 1.54) is 18.2 Å². The largest absolute Gasteiger partial charge is 0.329 e. The molecule has 0 saturated heterocycles. The molecule has 4 N–H and O–H groups in total. The second kappa shape index (κ2) is 7.71. The smallest absolute Gasteiger partial charge is 0.240 e. The number of halogens is 2. The van der Waals surface area contributed by atoms with Crippen LogP contribution in [0.5, 0.6) is 0 Å². The van der Waals surface area contributed by atoms with Crippen LogP contribution < -0.4 is 15.8 Å². The zero-order valence-corrected chi connectivity index (χ0v) is 15.1. The lowest BCUT2D eigenvalue weighted by Gasteiger charge is -2.09. The molecule has 0 radical (unpaired) electrons. The molecule has 2 aromatic rings. The maximum absolute atomic E-state index is 13.8.